The van der Waals surface area contributed by atoms with Gasteiger partial charge in [-0.25, -0.2) is 9.78 Å². The van der Waals surface area contributed by atoms with E-state index >= 15 is 0 Å². The predicted octanol–water partition coefficient (Wildman–Crippen LogP) is 5.28. The summed E-state index contributed by atoms with van der Waals surface area (Å²) in [5.74, 6) is 0.706. The third kappa shape index (κ3) is 3.67. The fourth-order valence-corrected chi connectivity index (χ4v) is 4.28. The number of amides is 1. The van der Waals surface area contributed by atoms with Crippen LogP contribution in [0.2, 0.25) is 0 Å². The maximum absolute atomic E-state index is 12.5. The number of aromatic nitrogens is 1. The molecule has 0 saturated carbocycles. The number of nitrogens with one attached hydrogen (secondary N) is 2. The first-order chi connectivity index (χ1) is 15.6. The van der Waals surface area contributed by atoms with Crippen molar-refractivity contribution < 1.29 is 19.1 Å². The summed E-state index contributed by atoms with van der Waals surface area (Å²) in [5, 5.41) is 6.09. The van der Waals surface area contributed by atoms with Gasteiger partial charge in [0, 0.05) is 17.5 Å². The third-order valence-corrected chi connectivity index (χ3v) is 5.87. The lowest BCUT2D eigenvalue weighted by atomic mass is 10.1. The molecule has 8 heteroatoms. The van der Waals surface area contributed by atoms with Crippen LogP contribution in [0.5, 0.6) is 11.5 Å². The summed E-state index contributed by atoms with van der Waals surface area (Å²) in [7, 11) is 1.34. The highest BCUT2D eigenvalue weighted by Gasteiger charge is 2.27. The number of fused-ring (bicyclic) bond motifs is 3. The van der Waals surface area contributed by atoms with Crippen LogP contribution >= 0.6 is 11.3 Å². The second kappa shape index (κ2) is 8.16. The molecular formula is C24H17N3O4S. The Morgan fingerprint density at radius 1 is 1.03 bits per heavy atom. The predicted molar refractivity (Wildman–Crippen MR) is 124 cm³/mol. The Hall–Kier alpha value is -4.17. The molecule has 32 heavy (non-hydrogen) atoms. The first kappa shape index (κ1) is 19.8. The first-order valence-corrected chi connectivity index (χ1v) is 10.6. The molecule has 0 radical (unpaired) electrons. The second-order valence-corrected chi connectivity index (χ2v) is 7.84. The van der Waals surface area contributed by atoms with E-state index in [0.717, 1.165) is 27.2 Å². The molecule has 0 unspecified atom stereocenters. The average molecular weight is 443 g/mol. The van der Waals surface area contributed by atoms with Gasteiger partial charge < -0.3 is 20.1 Å². The van der Waals surface area contributed by atoms with E-state index in [-0.39, 0.29) is 5.91 Å². The summed E-state index contributed by atoms with van der Waals surface area (Å²) in [6, 6.07) is 17.8. The molecule has 0 atom stereocenters. The van der Waals surface area contributed by atoms with Crippen molar-refractivity contribution in [1.82, 2.24) is 4.98 Å². The number of hydrogen-bond acceptors (Lipinski definition) is 7. The number of methoxy groups -OCH3 is 1. The maximum Gasteiger partial charge on any atom is 0.337 e. The number of esters is 1. The Kier molecular flexibility index (Phi) is 5.04. The van der Waals surface area contributed by atoms with Crippen LogP contribution in [0.3, 0.4) is 0 Å². The maximum atomic E-state index is 12.5. The molecule has 0 fully saturated rings. The lowest BCUT2D eigenvalue weighted by Crippen LogP contribution is -2.05. The fraction of sp³-hybridized carbons (Fsp3) is 0.0417. The Labute approximate surface area is 187 Å². The summed E-state index contributed by atoms with van der Waals surface area (Å²) in [6.45, 7) is 0. The lowest BCUT2D eigenvalue weighted by molar-refractivity contribution is -0.110. The van der Waals surface area contributed by atoms with E-state index in [4.69, 9.17) is 9.47 Å². The molecule has 158 valence electrons. The molecule has 2 N–H and O–H groups in total. The van der Waals surface area contributed by atoms with Gasteiger partial charge in [0.05, 0.1) is 39.7 Å². The molecule has 4 aromatic rings. The van der Waals surface area contributed by atoms with Gasteiger partial charge in [0.25, 0.3) is 5.91 Å². The van der Waals surface area contributed by atoms with E-state index in [1.807, 2.05) is 36.4 Å². The number of ether oxygens (including phenoxy) is 2. The van der Waals surface area contributed by atoms with Gasteiger partial charge in [-0.1, -0.05) is 0 Å². The molecule has 3 aromatic carbocycles. The zero-order chi connectivity index (χ0) is 22.1. The van der Waals surface area contributed by atoms with E-state index < -0.39 is 5.97 Å². The number of hydrogen-bond donors (Lipinski definition) is 2. The normalized spacial score (nSPS) is 13.7. The molecule has 0 spiro atoms. The van der Waals surface area contributed by atoms with E-state index in [1.165, 1.54) is 18.4 Å². The van der Waals surface area contributed by atoms with Crippen molar-refractivity contribution in [2.24, 2.45) is 0 Å². The number of thiazole rings is 1. The molecule has 0 aliphatic carbocycles. The number of nitrogens with zero attached hydrogens (tertiary/aromatic N) is 1. The number of rotatable bonds is 5. The van der Waals surface area contributed by atoms with Gasteiger partial charge in [0.15, 0.2) is 0 Å². The summed E-state index contributed by atoms with van der Waals surface area (Å²) in [6.07, 6.45) is 1.71. The van der Waals surface area contributed by atoms with Crippen LogP contribution in [0.25, 0.3) is 15.8 Å². The second-order valence-electron chi connectivity index (χ2n) is 6.99. The number of carbonyl (C=O) groups excluding carboxylic acids is 2. The van der Waals surface area contributed by atoms with Gasteiger partial charge in [-0.05, 0) is 60.7 Å². The molecular weight excluding hydrogens is 426 g/mol. The highest BCUT2D eigenvalue weighted by molar-refractivity contribution is 7.17. The summed E-state index contributed by atoms with van der Waals surface area (Å²) >= 11 is 1.51. The smallest absolute Gasteiger partial charge is 0.337 e. The fourth-order valence-electron chi connectivity index (χ4n) is 3.43. The lowest BCUT2D eigenvalue weighted by Gasteiger charge is -2.08. The van der Waals surface area contributed by atoms with Gasteiger partial charge in [-0.2, -0.15) is 0 Å². The number of carbonyl (C=O) groups is 2. The summed E-state index contributed by atoms with van der Waals surface area (Å²) in [5.41, 5.74) is 6.16. The molecule has 7 nitrogen and oxygen atoms in total. The number of benzene rings is 3. The van der Waals surface area contributed by atoms with E-state index in [2.05, 4.69) is 15.6 Å². The van der Waals surface area contributed by atoms with Crippen molar-refractivity contribution >= 4 is 50.4 Å². The minimum Gasteiger partial charge on any atom is -0.465 e. The van der Waals surface area contributed by atoms with Crippen molar-refractivity contribution in [2.75, 3.05) is 17.7 Å². The molecule has 1 aliphatic rings. The minimum atomic E-state index is -0.393. The average Bonchev–Trinajstić information content (AvgIpc) is 3.42. The molecule has 0 saturated heterocycles. The summed E-state index contributed by atoms with van der Waals surface area (Å²) < 4.78 is 11.5. The van der Waals surface area contributed by atoms with Crippen LogP contribution in [-0.2, 0) is 9.53 Å². The van der Waals surface area contributed by atoms with E-state index in [9.17, 15) is 9.59 Å². The highest BCUT2D eigenvalue weighted by Crippen LogP contribution is 2.39. The van der Waals surface area contributed by atoms with Crippen LogP contribution in [0.1, 0.15) is 15.9 Å². The van der Waals surface area contributed by atoms with Crippen LogP contribution in [-0.4, -0.2) is 24.0 Å². The first-order valence-electron chi connectivity index (χ1n) is 9.73. The Morgan fingerprint density at radius 2 is 1.75 bits per heavy atom. The minimum absolute atomic E-state index is 0.149. The van der Waals surface area contributed by atoms with Gasteiger partial charge in [-0.3, -0.25) is 4.79 Å². The monoisotopic (exact) mass is 443 g/mol. The van der Waals surface area contributed by atoms with E-state index in [1.54, 1.807) is 36.0 Å². The quantitative estimate of drug-likeness (QED) is 0.322. The molecule has 5 rings (SSSR count). The van der Waals surface area contributed by atoms with Crippen molar-refractivity contribution in [2.45, 2.75) is 0 Å². The SMILES string of the molecule is COC(=O)c1ccc(Oc2ccc(N/C=C3\C(=O)Nc4ccc5ncsc5c43)cc2)cc1. The zero-order valence-electron chi connectivity index (χ0n) is 16.9. The molecule has 1 aliphatic heterocycles. The molecule has 2 heterocycles. The van der Waals surface area contributed by atoms with Gasteiger partial charge in [0.2, 0.25) is 0 Å². The van der Waals surface area contributed by atoms with E-state index in [0.29, 0.717) is 22.6 Å². The van der Waals surface area contributed by atoms with Gasteiger partial charge >= 0.3 is 5.97 Å². The molecule has 1 aromatic heterocycles. The molecule has 1 amide bonds. The number of anilines is 2. The van der Waals surface area contributed by atoms with Gasteiger partial charge in [-0.15, -0.1) is 11.3 Å². The standard InChI is InChI=1S/C24H17N3O4S/c1-30-24(29)14-2-6-16(7-3-14)31-17-8-4-15(5-9-17)25-12-18-21-19(27-23(18)28)10-11-20-22(21)32-13-26-20/h2-13,25H,1H3,(H,27,28)/b18-12-. The van der Waals surface area contributed by atoms with Crippen LogP contribution < -0.4 is 15.4 Å². The third-order valence-electron chi connectivity index (χ3n) is 5.01. The zero-order valence-corrected chi connectivity index (χ0v) is 17.7. The van der Waals surface area contributed by atoms with Crippen LogP contribution in [0.4, 0.5) is 11.4 Å². The van der Waals surface area contributed by atoms with Crippen molar-refractivity contribution in [3.63, 3.8) is 0 Å². The summed E-state index contributed by atoms with van der Waals surface area (Å²) in [4.78, 5) is 28.3. The Morgan fingerprint density at radius 3 is 2.47 bits per heavy atom. The topological polar surface area (TPSA) is 89.5 Å². The Balaban J connectivity index is 1.31. The van der Waals surface area contributed by atoms with Gasteiger partial charge in [0.1, 0.15) is 11.5 Å². The van der Waals surface area contributed by atoms with Crippen LogP contribution in [0, 0.1) is 0 Å². The largest absolute Gasteiger partial charge is 0.465 e. The van der Waals surface area contributed by atoms with Crippen molar-refractivity contribution in [3.8, 4) is 11.5 Å². The highest BCUT2D eigenvalue weighted by atomic mass is 32.1. The van der Waals surface area contributed by atoms with Crippen molar-refractivity contribution in [1.29, 1.82) is 0 Å². The van der Waals surface area contributed by atoms with Crippen LogP contribution in [0.15, 0.2) is 72.4 Å². The molecule has 0 bridgehead atoms. The van der Waals surface area contributed by atoms with Crippen molar-refractivity contribution in [3.05, 3.63) is 83.5 Å². The Bertz CT molecular complexity index is 1360.